The van der Waals surface area contributed by atoms with Crippen LogP contribution in [0.2, 0.25) is 0 Å². The summed E-state index contributed by atoms with van der Waals surface area (Å²) >= 11 is 1.81. The highest BCUT2D eigenvalue weighted by Gasteiger charge is 2.19. The molecule has 2 N–H and O–H groups in total. The van der Waals surface area contributed by atoms with Gasteiger partial charge in [0, 0.05) is 17.2 Å². The summed E-state index contributed by atoms with van der Waals surface area (Å²) in [6.07, 6.45) is 1.60. The molecule has 5 heteroatoms. The Morgan fingerprint density at radius 2 is 1.84 bits per heavy atom. The van der Waals surface area contributed by atoms with E-state index in [4.69, 9.17) is 10.3 Å². The molecule has 1 aromatic heterocycles. The summed E-state index contributed by atoms with van der Waals surface area (Å²) in [4.78, 5) is 4.40. The van der Waals surface area contributed by atoms with Crippen LogP contribution in [0.15, 0.2) is 4.52 Å². The van der Waals surface area contributed by atoms with Crippen molar-refractivity contribution in [1.82, 2.24) is 10.1 Å². The third-order valence-corrected chi connectivity index (χ3v) is 3.72. The fraction of sp³-hybridized carbons (Fsp3) is 0.857. The van der Waals surface area contributed by atoms with E-state index < -0.39 is 0 Å². The molecule has 1 atom stereocenters. The van der Waals surface area contributed by atoms with Crippen LogP contribution in [0.1, 0.15) is 59.7 Å². The van der Waals surface area contributed by atoms with E-state index in [1.165, 1.54) is 0 Å². The van der Waals surface area contributed by atoms with Crippen LogP contribution in [0.5, 0.6) is 0 Å². The second-order valence-electron chi connectivity index (χ2n) is 7.23. The number of thioether (sulfide) groups is 1. The number of aromatic nitrogens is 2. The zero-order chi connectivity index (χ0) is 14.7. The molecule has 0 aromatic carbocycles. The van der Waals surface area contributed by atoms with Gasteiger partial charge in [-0.2, -0.15) is 4.98 Å². The number of hydrogen-bond acceptors (Lipinski definition) is 5. The van der Waals surface area contributed by atoms with Crippen LogP contribution >= 0.6 is 11.8 Å². The topological polar surface area (TPSA) is 64.9 Å². The van der Waals surface area contributed by atoms with E-state index in [9.17, 15) is 0 Å². The third kappa shape index (κ3) is 7.57. The summed E-state index contributed by atoms with van der Waals surface area (Å²) in [6.45, 7) is 13.1. The maximum absolute atomic E-state index is 6.11. The fourth-order valence-electron chi connectivity index (χ4n) is 1.80. The molecule has 0 saturated heterocycles. The molecule has 0 amide bonds. The van der Waals surface area contributed by atoms with Gasteiger partial charge in [0.15, 0.2) is 5.82 Å². The van der Waals surface area contributed by atoms with Crippen molar-refractivity contribution in [3.63, 3.8) is 0 Å². The van der Waals surface area contributed by atoms with Crippen LogP contribution in [0.25, 0.3) is 0 Å². The summed E-state index contributed by atoms with van der Waals surface area (Å²) in [6, 6.07) is 0.0727. The van der Waals surface area contributed by atoms with E-state index in [1.807, 2.05) is 11.8 Å². The van der Waals surface area contributed by atoms with Crippen molar-refractivity contribution >= 4 is 11.8 Å². The predicted octanol–water partition coefficient (Wildman–Crippen LogP) is 3.41. The Morgan fingerprint density at radius 1 is 1.21 bits per heavy atom. The SMILES string of the molecule is CC(C)(C)CC(N)Cc1nc(CSC(C)(C)C)no1. The third-order valence-electron chi connectivity index (χ3n) is 2.46. The summed E-state index contributed by atoms with van der Waals surface area (Å²) in [7, 11) is 0. The average molecular weight is 285 g/mol. The first-order chi connectivity index (χ1) is 8.55. The standard InChI is InChI=1S/C14H27N3OS/c1-13(2,3)8-10(15)7-12-16-11(17-18-12)9-19-14(4,5)6/h10H,7-9,15H2,1-6H3. The van der Waals surface area contributed by atoms with E-state index in [0.717, 1.165) is 18.0 Å². The quantitative estimate of drug-likeness (QED) is 0.898. The van der Waals surface area contributed by atoms with E-state index in [1.54, 1.807) is 0 Å². The minimum atomic E-state index is 0.0727. The fourth-order valence-corrected chi connectivity index (χ4v) is 2.48. The summed E-state index contributed by atoms with van der Waals surface area (Å²) in [5.74, 6) is 2.20. The van der Waals surface area contributed by atoms with Gasteiger partial charge in [0.05, 0.1) is 5.75 Å². The first kappa shape index (κ1) is 16.5. The van der Waals surface area contributed by atoms with Gasteiger partial charge in [-0.25, -0.2) is 0 Å². The molecular weight excluding hydrogens is 258 g/mol. The molecule has 0 aliphatic rings. The maximum Gasteiger partial charge on any atom is 0.228 e. The number of rotatable bonds is 5. The molecule has 0 aliphatic heterocycles. The largest absolute Gasteiger partial charge is 0.339 e. The second-order valence-corrected chi connectivity index (χ2v) is 9.04. The first-order valence-electron chi connectivity index (χ1n) is 6.76. The summed E-state index contributed by atoms with van der Waals surface area (Å²) in [5.41, 5.74) is 6.34. The van der Waals surface area contributed by atoms with E-state index in [-0.39, 0.29) is 16.2 Å². The molecule has 0 spiro atoms. The highest BCUT2D eigenvalue weighted by molar-refractivity contribution is 7.99. The molecule has 0 fully saturated rings. The molecule has 1 unspecified atom stereocenters. The average Bonchev–Trinajstić information content (AvgIpc) is 2.58. The Balaban J connectivity index is 2.46. The van der Waals surface area contributed by atoms with Crippen molar-refractivity contribution in [1.29, 1.82) is 0 Å². The van der Waals surface area contributed by atoms with Crippen LogP contribution in [-0.2, 0) is 12.2 Å². The van der Waals surface area contributed by atoms with Gasteiger partial charge in [-0.1, -0.05) is 46.7 Å². The van der Waals surface area contributed by atoms with Crippen LogP contribution in [0.3, 0.4) is 0 Å². The minimum absolute atomic E-state index is 0.0727. The zero-order valence-electron chi connectivity index (χ0n) is 13.0. The van der Waals surface area contributed by atoms with Crippen molar-refractivity contribution in [2.45, 2.75) is 70.9 Å². The molecule has 0 aliphatic carbocycles. The Kier molecular flexibility index (Phi) is 5.44. The lowest BCUT2D eigenvalue weighted by Crippen LogP contribution is -2.28. The number of nitrogens with zero attached hydrogens (tertiary/aromatic N) is 2. The lowest BCUT2D eigenvalue weighted by atomic mass is 9.87. The van der Waals surface area contributed by atoms with Crippen molar-refractivity contribution in [2.24, 2.45) is 11.1 Å². The second kappa shape index (κ2) is 6.27. The lowest BCUT2D eigenvalue weighted by molar-refractivity contribution is 0.312. The molecular formula is C14H27N3OS. The Morgan fingerprint density at radius 3 is 2.37 bits per heavy atom. The molecule has 4 nitrogen and oxygen atoms in total. The predicted molar refractivity (Wildman–Crippen MR) is 81.1 cm³/mol. The van der Waals surface area contributed by atoms with Crippen molar-refractivity contribution in [2.75, 3.05) is 0 Å². The highest BCUT2D eigenvalue weighted by Crippen LogP contribution is 2.26. The van der Waals surface area contributed by atoms with Crippen molar-refractivity contribution in [3.05, 3.63) is 11.7 Å². The molecule has 19 heavy (non-hydrogen) atoms. The number of hydrogen-bond donors (Lipinski definition) is 1. The van der Waals surface area contributed by atoms with Crippen molar-refractivity contribution < 1.29 is 4.52 Å². The highest BCUT2D eigenvalue weighted by atomic mass is 32.2. The van der Waals surface area contributed by atoms with Gasteiger partial charge in [0.2, 0.25) is 5.89 Å². The molecule has 0 bridgehead atoms. The van der Waals surface area contributed by atoms with Crippen LogP contribution < -0.4 is 5.73 Å². The van der Waals surface area contributed by atoms with Crippen LogP contribution in [-0.4, -0.2) is 20.9 Å². The normalized spacial score (nSPS) is 14.7. The Hall–Kier alpha value is -0.550. The van der Waals surface area contributed by atoms with Gasteiger partial charge in [0.25, 0.3) is 0 Å². The molecule has 1 rings (SSSR count). The van der Waals surface area contributed by atoms with Gasteiger partial charge in [0.1, 0.15) is 0 Å². The minimum Gasteiger partial charge on any atom is -0.339 e. The zero-order valence-corrected chi connectivity index (χ0v) is 13.8. The Labute approximate surface area is 120 Å². The van der Waals surface area contributed by atoms with Gasteiger partial charge in [-0.3, -0.25) is 0 Å². The molecule has 1 aromatic rings. The first-order valence-corrected chi connectivity index (χ1v) is 7.75. The number of nitrogens with two attached hydrogens (primary N) is 1. The van der Waals surface area contributed by atoms with Gasteiger partial charge in [-0.05, 0) is 11.8 Å². The molecule has 0 saturated carbocycles. The molecule has 1 heterocycles. The maximum atomic E-state index is 6.11. The smallest absolute Gasteiger partial charge is 0.228 e. The van der Waals surface area contributed by atoms with Crippen LogP contribution in [0.4, 0.5) is 0 Å². The molecule has 110 valence electrons. The van der Waals surface area contributed by atoms with Gasteiger partial charge in [-0.15, -0.1) is 11.8 Å². The van der Waals surface area contributed by atoms with E-state index >= 15 is 0 Å². The van der Waals surface area contributed by atoms with Crippen LogP contribution in [0, 0.1) is 5.41 Å². The summed E-state index contributed by atoms with van der Waals surface area (Å²) < 4.78 is 5.47. The van der Waals surface area contributed by atoms with Gasteiger partial charge >= 0.3 is 0 Å². The van der Waals surface area contributed by atoms with Crippen molar-refractivity contribution in [3.8, 4) is 0 Å². The lowest BCUT2D eigenvalue weighted by Gasteiger charge is -2.21. The monoisotopic (exact) mass is 285 g/mol. The summed E-state index contributed by atoms with van der Waals surface area (Å²) in [5, 5.41) is 4.01. The molecule has 0 radical (unpaired) electrons. The Bertz CT molecular complexity index is 390. The van der Waals surface area contributed by atoms with Gasteiger partial charge < -0.3 is 10.3 Å². The van der Waals surface area contributed by atoms with E-state index in [0.29, 0.717) is 12.3 Å². The van der Waals surface area contributed by atoms with E-state index in [2.05, 4.69) is 51.7 Å².